The zero-order valence-corrected chi connectivity index (χ0v) is 13.3. The number of hydrogen-bond donors (Lipinski definition) is 1. The highest BCUT2D eigenvalue weighted by molar-refractivity contribution is 5.93. The van der Waals surface area contributed by atoms with E-state index in [9.17, 15) is 9.59 Å². The molecule has 1 aliphatic heterocycles. The topological polar surface area (TPSA) is 58.6 Å². The number of methoxy groups -OCH3 is 1. The Morgan fingerprint density at radius 2 is 2.00 bits per heavy atom. The number of likely N-dealkylation sites (tertiary alicyclic amines) is 1. The van der Waals surface area contributed by atoms with Gasteiger partial charge in [0, 0.05) is 37.7 Å². The van der Waals surface area contributed by atoms with Gasteiger partial charge in [-0.05, 0) is 30.9 Å². The SMILES string of the molecule is COc1cccc(NC(=O)CCC(=O)N2CCC(C)CC2)c1. The fraction of sp³-hybridized carbons (Fsp3) is 0.529. The first-order valence-corrected chi connectivity index (χ1v) is 7.80. The van der Waals surface area contributed by atoms with Gasteiger partial charge in [-0.3, -0.25) is 9.59 Å². The molecule has 0 radical (unpaired) electrons. The summed E-state index contributed by atoms with van der Waals surface area (Å²) in [6, 6.07) is 7.19. The molecule has 1 heterocycles. The predicted octanol–water partition coefficient (Wildman–Crippen LogP) is 2.67. The van der Waals surface area contributed by atoms with Crippen LogP contribution in [0.2, 0.25) is 0 Å². The van der Waals surface area contributed by atoms with Gasteiger partial charge < -0.3 is 15.0 Å². The van der Waals surface area contributed by atoms with Crippen molar-refractivity contribution in [3.63, 3.8) is 0 Å². The maximum Gasteiger partial charge on any atom is 0.224 e. The molecular formula is C17H24N2O3. The number of ether oxygens (including phenoxy) is 1. The molecule has 0 atom stereocenters. The number of benzene rings is 1. The fourth-order valence-corrected chi connectivity index (χ4v) is 2.56. The van der Waals surface area contributed by atoms with Gasteiger partial charge in [-0.1, -0.05) is 13.0 Å². The summed E-state index contributed by atoms with van der Waals surface area (Å²) in [6.07, 6.45) is 2.59. The minimum atomic E-state index is -0.146. The van der Waals surface area contributed by atoms with Crippen LogP contribution in [0.3, 0.4) is 0 Å². The van der Waals surface area contributed by atoms with Crippen LogP contribution in [-0.2, 0) is 9.59 Å². The molecule has 0 spiro atoms. The Hall–Kier alpha value is -2.04. The number of amides is 2. The zero-order valence-electron chi connectivity index (χ0n) is 13.3. The molecule has 1 saturated heterocycles. The van der Waals surface area contributed by atoms with Crippen LogP contribution >= 0.6 is 0 Å². The molecule has 0 unspecified atom stereocenters. The normalized spacial score (nSPS) is 15.5. The van der Waals surface area contributed by atoms with Crippen molar-refractivity contribution in [3.05, 3.63) is 24.3 Å². The van der Waals surface area contributed by atoms with E-state index >= 15 is 0 Å². The van der Waals surface area contributed by atoms with Crippen LogP contribution in [0.1, 0.15) is 32.6 Å². The van der Waals surface area contributed by atoms with Crippen LogP contribution in [0.15, 0.2) is 24.3 Å². The van der Waals surface area contributed by atoms with Gasteiger partial charge >= 0.3 is 0 Å². The highest BCUT2D eigenvalue weighted by Crippen LogP contribution is 2.18. The van der Waals surface area contributed by atoms with E-state index in [0.717, 1.165) is 25.9 Å². The Bertz CT molecular complexity index is 522. The van der Waals surface area contributed by atoms with E-state index < -0.39 is 0 Å². The first-order chi connectivity index (χ1) is 10.6. The molecule has 1 aliphatic rings. The molecule has 2 amide bonds. The lowest BCUT2D eigenvalue weighted by Crippen LogP contribution is -2.38. The number of anilines is 1. The monoisotopic (exact) mass is 304 g/mol. The summed E-state index contributed by atoms with van der Waals surface area (Å²) in [4.78, 5) is 25.9. The Balaban J connectivity index is 1.76. The number of rotatable bonds is 5. The van der Waals surface area contributed by atoms with Crippen LogP contribution in [0, 0.1) is 5.92 Å². The molecule has 1 aromatic carbocycles. The van der Waals surface area contributed by atoms with E-state index in [1.807, 2.05) is 17.0 Å². The first-order valence-electron chi connectivity index (χ1n) is 7.80. The van der Waals surface area contributed by atoms with Gasteiger partial charge in [0.25, 0.3) is 0 Å². The van der Waals surface area contributed by atoms with Crippen molar-refractivity contribution in [2.24, 2.45) is 5.92 Å². The largest absolute Gasteiger partial charge is 0.497 e. The number of nitrogens with one attached hydrogen (secondary N) is 1. The van der Waals surface area contributed by atoms with Crippen LogP contribution in [-0.4, -0.2) is 36.9 Å². The van der Waals surface area contributed by atoms with Crippen LogP contribution in [0.5, 0.6) is 5.75 Å². The zero-order chi connectivity index (χ0) is 15.9. The van der Waals surface area contributed by atoms with E-state index in [2.05, 4.69) is 12.2 Å². The molecule has 5 heteroatoms. The molecule has 0 aliphatic carbocycles. The maximum absolute atomic E-state index is 12.1. The smallest absolute Gasteiger partial charge is 0.224 e. The highest BCUT2D eigenvalue weighted by atomic mass is 16.5. The van der Waals surface area contributed by atoms with Crippen LogP contribution < -0.4 is 10.1 Å². The highest BCUT2D eigenvalue weighted by Gasteiger charge is 2.20. The third kappa shape index (κ3) is 4.76. The minimum absolute atomic E-state index is 0.0766. The standard InChI is InChI=1S/C17H24N2O3/c1-13-8-10-19(11-9-13)17(21)7-6-16(20)18-14-4-3-5-15(12-14)22-2/h3-5,12-13H,6-11H2,1-2H3,(H,18,20). The lowest BCUT2D eigenvalue weighted by Gasteiger charge is -2.30. The first kappa shape index (κ1) is 16.3. The summed E-state index contributed by atoms with van der Waals surface area (Å²) in [5.41, 5.74) is 0.684. The summed E-state index contributed by atoms with van der Waals surface area (Å²) in [6.45, 7) is 3.85. The van der Waals surface area contributed by atoms with Gasteiger partial charge in [0.15, 0.2) is 0 Å². The van der Waals surface area contributed by atoms with Crippen LogP contribution in [0.4, 0.5) is 5.69 Å². The molecule has 0 bridgehead atoms. The summed E-state index contributed by atoms with van der Waals surface area (Å²) >= 11 is 0. The Kier molecular flexibility index (Phi) is 5.81. The van der Waals surface area contributed by atoms with Gasteiger partial charge in [-0.25, -0.2) is 0 Å². The average molecular weight is 304 g/mol. The van der Waals surface area contributed by atoms with Crippen molar-refractivity contribution in [1.29, 1.82) is 0 Å². The Labute approximate surface area is 131 Å². The second-order valence-electron chi connectivity index (χ2n) is 5.84. The van der Waals surface area contributed by atoms with Gasteiger partial charge in [-0.2, -0.15) is 0 Å². The number of carbonyl (C=O) groups is 2. The van der Waals surface area contributed by atoms with Crippen molar-refractivity contribution in [1.82, 2.24) is 4.90 Å². The second-order valence-corrected chi connectivity index (χ2v) is 5.84. The second kappa shape index (κ2) is 7.82. The molecule has 1 fully saturated rings. The third-order valence-electron chi connectivity index (χ3n) is 4.06. The van der Waals surface area contributed by atoms with E-state index in [1.54, 1.807) is 19.2 Å². The van der Waals surface area contributed by atoms with E-state index in [4.69, 9.17) is 4.74 Å². The van der Waals surface area contributed by atoms with Gasteiger partial charge in [0.1, 0.15) is 5.75 Å². The Morgan fingerprint density at radius 3 is 2.68 bits per heavy atom. The van der Waals surface area contributed by atoms with Gasteiger partial charge in [0.05, 0.1) is 7.11 Å². The van der Waals surface area contributed by atoms with Gasteiger partial charge in [0.2, 0.25) is 11.8 Å². The van der Waals surface area contributed by atoms with Crippen LogP contribution in [0.25, 0.3) is 0 Å². The van der Waals surface area contributed by atoms with Gasteiger partial charge in [-0.15, -0.1) is 0 Å². The van der Waals surface area contributed by atoms with Crippen molar-refractivity contribution in [3.8, 4) is 5.75 Å². The lowest BCUT2D eigenvalue weighted by molar-refractivity contribution is -0.134. The number of piperidine rings is 1. The van der Waals surface area contributed by atoms with Crippen molar-refractivity contribution >= 4 is 17.5 Å². The molecule has 1 N–H and O–H groups in total. The predicted molar refractivity (Wildman–Crippen MR) is 85.8 cm³/mol. The molecule has 5 nitrogen and oxygen atoms in total. The molecular weight excluding hydrogens is 280 g/mol. The van der Waals surface area contributed by atoms with E-state index in [-0.39, 0.29) is 24.7 Å². The number of hydrogen-bond acceptors (Lipinski definition) is 3. The minimum Gasteiger partial charge on any atom is -0.497 e. The molecule has 2 rings (SSSR count). The average Bonchev–Trinajstić information content (AvgIpc) is 2.53. The summed E-state index contributed by atoms with van der Waals surface area (Å²) in [5.74, 6) is 1.32. The van der Waals surface area contributed by atoms with E-state index in [1.165, 1.54) is 0 Å². The van der Waals surface area contributed by atoms with Crippen molar-refractivity contribution < 1.29 is 14.3 Å². The summed E-state index contributed by atoms with van der Waals surface area (Å²) in [7, 11) is 1.58. The number of carbonyl (C=O) groups excluding carboxylic acids is 2. The molecule has 0 aromatic heterocycles. The summed E-state index contributed by atoms with van der Waals surface area (Å²) < 4.78 is 5.11. The third-order valence-corrected chi connectivity index (χ3v) is 4.06. The molecule has 1 aromatic rings. The molecule has 22 heavy (non-hydrogen) atoms. The molecule has 0 saturated carbocycles. The van der Waals surface area contributed by atoms with Crippen molar-refractivity contribution in [2.45, 2.75) is 32.6 Å². The lowest BCUT2D eigenvalue weighted by atomic mass is 9.99. The maximum atomic E-state index is 12.1. The molecule has 120 valence electrons. The van der Waals surface area contributed by atoms with E-state index in [0.29, 0.717) is 17.4 Å². The summed E-state index contributed by atoms with van der Waals surface area (Å²) in [5, 5.41) is 2.79. The Morgan fingerprint density at radius 1 is 1.27 bits per heavy atom. The quantitative estimate of drug-likeness (QED) is 0.910. The van der Waals surface area contributed by atoms with Crippen molar-refractivity contribution in [2.75, 3.05) is 25.5 Å². The fourth-order valence-electron chi connectivity index (χ4n) is 2.56. The number of nitrogens with zero attached hydrogens (tertiary/aromatic N) is 1.